The molecule has 9 nitrogen and oxygen atoms in total. The van der Waals surface area contributed by atoms with E-state index in [1.54, 1.807) is 17.1 Å². The van der Waals surface area contributed by atoms with E-state index in [4.69, 9.17) is 9.47 Å². The molecule has 1 aromatic carbocycles. The first-order valence-electron chi connectivity index (χ1n) is 7.80. The van der Waals surface area contributed by atoms with E-state index in [2.05, 4.69) is 15.2 Å². The van der Waals surface area contributed by atoms with Gasteiger partial charge in [0.2, 0.25) is 0 Å². The molecule has 0 spiro atoms. The first-order chi connectivity index (χ1) is 11.4. The quantitative estimate of drug-likeness (QED) is 0.619. The van der Waals surface area contributed by atoms with E-state index >= 15 is 0 Å². The van der Waals surface area contributed by atoms with E-state index in [-0.39, 0.29) is 11.9 Å². The van der Waals surface area contributed by atoms with Crippen LogP contribution in [0.5, 0.6) is 5.75 Å². The number of ether oxygens (including phenoxy) is 2. The zero-order valence-electron chi connectivity index (χ0n) is 14.0. The number of nitro groups is 1. The molecule has 0 N–H and O–H groups in total. The summed E-state index contributed by atoms with van der Waals surface area (Å²) in [5, 5.41) is 21.7. The molecule has 0 aliphatic carbocycles. The van der Waals surface area contributed by atoms with Crippen molar-refractivity contribution in [3.63, 3.8) is 0 Å². The molecular weight excluding hydrogens is 314 g/mol. The largest absolute Gasteiger partial charge is 0.497 e. The van der Waals surface area contributed by atoms with Gasteiger partial charge in [-0.3, -0.25) is 15.0 Å². The predicted octanol–water partition coefficient (Wildman–Crippen LogP) is 2.23. The minimum absolute atomic E-state index is 0.0225. The van der Waals surface area contributed by atoms with Gasteiger partial charge in [-0.15, -0.1) is 0 Å². The van der Waals surface area contributed by atoms with E-state index in [9.17, 15) is 10.1 Å². The first kappa shape index (κ1) is 16.6. The van der Waals surface area contributed by atoms with E-state index in [1.807, 2.05) is 13.8 Å². The second-order valence-corrected chi connectivity index (χ2v) is 6.32. The molecule has 2 aliphatic rings. The molecule has 0 radical (unpaired) electrons. The van der Waals surface area contributed by atoms with Gasteiger partial charge in [-0.2, -0.15) is 5.11 Å². The summed E-state index contributed by atoms with van der Waals surface area (Å²) in [5.41, 5.74) is -0.134. The van der Waals surface area contributed by atoms with Gasteiger partial charge in [-0.25, -0.2) is 5.01 Å². The SMILES string of the molecule is COc1ccc([N+](=O)[O-])c(N2N=NC(C)(C)C2N2CCOCC2)c1. The number of benzene rings is 1. The van der Waals surface area contributed by atoms with Crippen LogP contribution < -0.4 is 9.75 Å². The van der Waals surface area contributed by atoms with Crippen LogP contribution >= 0.6 is 0 Å². The Balaban J connectivity index is 2.03. The summed E-state index contributed by atoms with van der Waals surface area (Å²) in [6.45, 7) is 6.66. The molecule has 1 atom stereocenters. The second-order valence-electron chi connectivity index (χ2n) is 6.32. The Kier molecular flexibility index (Phi) is 4.37. The summed E-state index contributed by atoms with van der Waals surface area (Å²) in [6.07, 6.45) is -0.216. The van der Waals surface area contributed by atoms with Gasteiger partial charge in [0.25, 0.3) is 5.69 Å². The highest BCUT2D eigenvalue weighted by atomic mass is 16.6. The molecule has 24 heavy (non-hydrogen) atoms. The molecule has 2 heterocycles. The number of nitrogens with zero attached hydrogens (tertiary/aromatic N) is 5. The molecule has 130 valence electrons. The molecule has 0 saturated carbocycles. The minimum Gasteiger partial charge on any atom is -0.497 e. The van der Waals surface area contributed by atoms with Gasteiger partial charge in [-0.05, 0) is 19.9 Å². The van der Waals surface area contributed by atoms with E-state index in [0.717, 1.165) is 13.1 Å². The lowest BCUT2D eigenvalue weighted by molar-refractivity contribution is -0.384. The highest BCUT2D eigenvalue weighted by molar-refractivity contribution is 5.66. The summed E-state index contributed by atoms with van der Waals surface area (Å²) in [5.74, 6) is 0.538. The third kappa shape index (κ3) is 2.92. The maximum Gasteiger partial charge on any atom is 0.294 e. The number of anilines is 1. The Morgan fingerprint density at radius 2 is 2.08 bits per heavy atom. The molecule has 2 aliphatic heterocycles. The summed E-state index contributed by atoms with van der Waals surface area (Å²) in [6, 6.07) is 4.64. The van der Waals surface area contributed by atoms with Gasteiger partial charge in [-0.1, -0.05) is 5.22 Å². The number of rotatable bonds is 4. The van der Waals surface area contributed by atoms with Crippen LogP contribution in [0.1, 0.15) is 13.8 Å². The van der Waals surface area contributed by atoms with Crippen LogP contribution in [-0.4, -0.2) is 54.9 Å². The number of methoxy groups -OCH3 is 1. The van der Waals surface area contributed by atoms with Gasteiger partial charge in [0.05, 0.1) is 25.2 Å². The van der Waals surface area contributed by atoms with Gasteiger partial charge in [0.15, 0.2) is 0 Å². The fourth-order valence-corrected chi connectivity index (χ4v) is 3.13. The van der Waals surface area contributed by atoms with Gasteiger partial charge >= 0.3 is 0 Å². The van der Waals surface area contributed by atoms with Crippen molar-refractivity contribution in [3.8, 4) is 5.75 Å². The van der Waals surface area contributed by atoms with Crippen LogP contribution in [0.25, 0.3) is 0 Å². The molecule has 1 saturated heterocycles. The maximum absolute atomic E-state index is 11.5. The Bertz CT molecular complexity index is 657. The monoisotopic (exact) mass is 335 g/mol. The Morgan fingerprint density at radius 3 is 2.71 bits per heavy atom. The standard InChI is InChI=1S/C15H21N5O4/c1-15(2)14(18-6-8-24-9-7-18)19(17-16-15)13-10-11(23-3)4-5-12(13)20(21)22/h4-5,10,14H,6-9H2,1-3H3. The molecule has 1 fully saturated rings. The lowest BCUT2D eigenvalue weighted by Gasteiger charge is -2.40. The first-order valence-corrected chi connectivity index (χ1v) is 7.80. The summed E-state index contributed by atoms with van der Waals surface area (Å²) in [4.78, 5) is 13.2. The predicted molar refractivity (Wildman–Crippen MR) is 87.2 cm³/mol. The van der Waals surface area contributed by atoms with Crippen molar-refractivity contribution in [1.29, 1.82) is 0 Å². The highest BCUT2D eigenvalue weighted by Gasteiger charge is 2.46. The molecule has 9 heteroatoms. The number of hydrogen-bond acceptors (Lipinski definition) is 8. The average molecular weight is 335 g/mol. The van der Waals surface area contributed by atoms with Crippen LogP contribution in [0.4, 0.5) is 11.4 Å². The van der Waals surface area contributed by atoms with Crippen LogP contribution in [-0.2, 0) is 4.74 Å². The van der Waals surface area contributed by atoms with Crippen LogP contribution in [0, 0.1) is 10.1 Å². The maximum atomic E-state index is 11.5. The van der Waals surface area contributed by atoms with Gasteiger partial charge < -0.3 is 9.47 Å². The van der Waals surface area contributed by atoms with Crippen LogP contribution in [0.3, 0.4) is 0 Å². The van der Waals surface area contributed by atoms with Crippen LogP contribution in [0.15, 0.2) is 28.5 Å². The van der Waals surface area contributed by atoms with Gasteiger partial charge in [0, 0.05) is 25.2 Å². The van der Waals surface area contributed by atoms with E-state index in [1.165, 1.54) is 13.2 Å². The Hall–Kier alpha value is -2.26. The smallest absolute Gasteiger partial charge is 0.294 e. The number of morpholine rings is 1. The topological polar surface area (TPSA) is 92.8 Å². The molecule has 0 bridgehead atoms. The minimum atomic E-state index is -0.492. The highest BCUT2D eigenvalue weighted by Crippen LogP contribution is 2.40. The third-order valence-corrected chi connectivity index (χ3v) is 4.28. The fraction of sp³-hybridized carbons (Fsp3) is 0.600. The van der Waals surface area contributed by atoms with Crippen molar-refractivity contribution < 1.29 is 14.4 Å². The lowest BCUT2D eigenvalue weighted by atomic mass is 10.00. The van der Waals surface area contributed by atoms with Crippen molar-refractivity contribution >= 4 is 11.4 Å². The molecule has 0 amide bonds. The molecule has 1 aromatic rings. The van der Waals surface area contributed by atoms with Crippen molar-refractivity contribution in [2.45, 2.75) is 25.6 Å². The number of nitro benzene ring substituents is 1. The molecule has 3 rings (SSSR count). The number of hydrogen-bond donors (Lipinski definition) is 0. The van der Waals surface area contributed by atoms with E-state index in [0.29, 0.717) is 24.7 Å². The third-order valence-electron chi connectivity index (χ3n) is 4.28. The zero-order chi connectivity index (χ0) is 17.3. The summed E-state index contributed by atoms with van der Waals surface area (Å²) < 4.78 is 10.6. The fourth-order valence-electron chi connectivity index (χ4n) is 3.13. The molecule has 1 unspecified atom stereocenters. The Morgan fingerprint density at radius 1 is 1.38 bits per heavy atom. The van der Waals surface area contributed by atoms with Crippen molar-refractivity contribution in [2.75, 3.05) is 38.4 Å². The summed E-state index contributed by atoms with van der Waals surface area (Å²) in [7, 11) is 1.53. The van der Waals surface area contributed by atoms with E-state index < -0.39 is 10.5 Å². The second kappa shape index (κ2) is 6.33. The van der Waals surface area contributed by atoms with Crippen molar-refractivity contribution in [2.24, 2.45) is 10.3 Å². The van der Waals surface area contributed by atoms with Crippen molar-refractivity contribution in [3.05, 3.63) is 28.3 Å². The Labute approximate surface area is 140 Å². The normalized spacial score (nSPS) is 23.5. The van der Waals surface area contributed by atoms with Gasteiger partial charge in [0.1, 0.15) is 23.1 Å². The molecule has 0 aromatic heterocycles. The molecular formula is C15H21N5O4. The lowest BCUT2D eigenvalue weighted by Crippen LogP contribution is -2.57. The summed E-state index contributed by atoms with van der Waals surface area (Å²) >= 11 is 0. The van der Waals surface area contributed by atoms with Crippen LogP contribution in [0.2, 0.25) is 0 Å². The van der Waals surface area contributed by atoms with Crippen molar-refractivity contribution in [1.82, 2.24) is 4.90 Å². The zero-order valence-corrected chi connectivity index (χ0v) is 14.0. The average Bonchev–Trinajstić information content (AvgIpc) is 2.90.